The van der Waals surface area contributed by atoms with Gasteiger partial charge in [0.05, 0.1) is 0 Å². The highest BCUT2D eigenvalue weighted by Gasteiger charge is 2.14. The summed E-state index contributed by atoms with van der Waals surface area (Å²) < 4.78 is 0. The minimum atomic E-state index is -0.0209. The van der Waals surface area contributed by atoms with E-state index in [2.05, 4.69) is 12.2 Å². The molecule has 1 heterocycles. The minimum Gasteiger partial charge on any atom is -0.343 e. The molecule has 0 saturated carbocycles. The van der Waals surface area contributed by atoms with E-state index in [1.165, 1.54) is 6.42 Å². The monoisotopic (exact) mass is 211 g/mol. The Hall–Kier alpha value is -1.06. The fraction of sp³-hybridized carbons (Fsp3) is 0.818. The molecule has 1 aliphatic rings. The molecule has 1 fully saturated rings. The molecule has 0 aliphatic carbocycles. The summed E-state index contributed by atoms with van der Waals surface area (Å²) in [5.74, 6) is 0.267. The van der Waals surface area contributed by atoms with Gasteiger partial charge in [-0.25, -0.2) is 0 Å². The minimum absolute atomic E-state index is 0.0209. The average molecular weight is 211 g/mol. The number of piperidine rings is 1. The van der Waals surface area contributed by atoms with Crippen molar-refractivity contribution in [3.63, 3.8) is 0 Å². The molecule has 2 N–H and O–H groups in total. The normalized spacial score (nSPS) is 16.2. The molecule has 0 atom stereocenters. The number of carbonyl (C=O) groups excluding carboxylic acids is 1. The van der Waals surface area contributed by atoms with Crippen molar-refractivity contribution >= 4 is 11.9 Å². The first-order valence-corrected chi connectivity index (χ1v) is 5.87. The van der Waals surface area contributed by atoms with Gasteiger partial charge in [0.2, 0.25) is 5.91 Å². The smallest absolute Gasteiger partial charge is 0.226 e. The lowest BCUT2D eigenvalue weighted by Crippen LogP contribution is -2.45. The number of hydrogen-bond acceptors (Lipinski definition) is 2. The van der Waals surface area contributed by atoms with Gasteiger partial charge in [-0.2, -0.15) is 0 Å². The summed E-state index contributed by atoms with van der Waals surface area (Å²) in [6, 6.07) is 0. The number of amides is 1. The van der Waals surface area contributed by atoms with Gasteiger partial charge < -0.3 is 4.90 Å². The van der Waals surface area contributed by atoms with Crippen LogP contribution in [-0.2, 0) is 4.79 Å². The molecule has 1 saturated heterocycles. The molecular formula is C11H21N3O. The van der Waals surface area contributed by atoms with Crippen LogP contribution < -0.4 is 5.32 Å². The zero-order valence-electron chi connectivity index (χ0n) is 9.51. The van der Waals surface area contributed by atoms with Crippen molar-refractivity contribution in [1.29, 1.82) is 5.41 Å². The first kappa shape index (κ1) is 12.0. The highest BCUT2D eigenvalue weighted by atomic mass is 16.1. The van der Waals surface area contributed by atoms with Crippen molar-refractivity contribution < 1.29 is 4.79 Å². The largest absolute Gasteiger partial charge is 0.343 e. The second-order valence-electron chi connectivity index (χ2n) is 4.05. The van der Waals surface area contributed by atoms with Crippen molar-refractivity contribution in [3.8, 4) is 0 Å². The van der Waals surface area contributed by atoms with Crippen LogP contribution in [0.25, 0.3) is 0 Å². The molecule has 0 spiro atoms. The van der Waals surface area contributed by atoms with Gasteiger partial charge in [-0.1, -0.05) is 13.3 Å². The maximum atomic E-state index is 11.4. The van der Waals surface area contributed by atoms with Crippen molar-refractivity contribution in [2.24, 2.45) is 0 Å². The first-order valence-electron chi connectivity index (χ1n) is 5.87. The van der Waals surface area contributed by atoms with E-state index in [4.69, 9.17) is 5.41 Å². The standard InChI is InChI=1S/C11H21N3O/c1-2-3-7-10(15)13-11(12)14-8-5-4-6-9-14/h2-9H2,1H3,(H2,12,13,15). The molecule has 1 amide bonds. The van der Waals surface area contributed by atoms with Crippen molar-refractivity contribution in [2.45, 2.75) is 45.4 Å². The molecule has 0 aromatic heterocycles. The Morgan fingerprint density at radius 3 is 2.60 bits per heavy atom. The van der Waals surface area contributed by atoms with E-state index < -0.39 is 0 Å². The van der Waals surface area contributed by atoms with E-state index >= 15 is 0 Å². The van der Waals surface area contributed by atoms with Crippen molar-refractivity contribution in [2.75, 3.05) is 13.1 Å². The van der Waals surface area contributed by atoms with Gasteiger partial charge in [0.25, 0.3) is 0 Å². The van der Waals surface area contributed by atoms with E-state index in [1.54, 1.807) is 0 Å². The van der Waals surface area contributed by atoms with Crippen LogP contribution in [-0.4, -0.2) is 29.9 Å². The lowest BCUT2D eigenvalue weighted by atomic mass is 10.1. The maximum Gasteiger partial charge on any atom is 0.226 e. The van der Waals surface area contributed by atoms with Gasteiger partial charge in [0.1, 0.15) is 0 Å². The third-order valence-corrected chi connectivity index (χ3v) is 2.69. The number of unbranched alkanes of at least 4 members (excludes halogenated alkanes) is 1. The van der Waals surface area contributed by atoms with E-state index in [1.807, 2.05) is 4.90 Å². The summed E-state index contributed by atoms with van der Waals surface area (Å²) in [4.78, 5) is 13.3. The Morgan fingerprint density at radius 1 is 1.33 bits per heavy atom. The SMILES string of the molecule is CCCCC(=O)NC(=N)N1CCCCC1. The fourth-order valence-electron chi connectivity index (χ4n) is 1.73. The summed E-state index contributed by atoms with van der Waals surface area (Å²) in [6.07, 6.45) is 5.96. The zero-order valence-corrected chi connectivity index (χ0v) is 9.51. The van der Waals surface area contributed by atoms with Gasteiger partial charge in [-0.3, -0.25) is 15.5 Å². The first-order chi connectivity index (χ1) is 7.24. The lowest BCUT2D eigenvalue weighted by Gasteiger charge is -2.28. The molecule has 4 nitrogen and oxygen atoms in total. The molecule has 0 unspecified atom stereocenters. The topological polar surface area (TPSA) is 56.2 Å². The summed E-state index contributed by atoms with van der Waals surface area (Å²) in [5, 5.41) is 10.4. The molecule has 0 aromatic carbocycles. The summed E-state index contributed by atoms with van der Waals surface area (Å²) in [6.45, 7) is 3.88. The molecule has 4 heteroatoms. The van der Waals surface area contributed by atoms with E-state index in [0.717, 1.165) is 38.8 Å². The number of nitrogens with zero attached hydrogens (tertiary/aromatic N) is 1. The van der Waals surface area contributed by atoms with Gasteiger partial charge in [0.15, 0.2) is 5.96 Å². The number of rotatable bonds is 3. The highest BCUT2D eigenvalue weighted by molar-refractivity contribution is 5.95. The van der Waals surface area contributed by atoms with E-state index in [0.29, 0.717) is 6.42 Å². The van der Waals surface area contributed by atoms with Crippen LogP contribution in [0.4, 0.5) is 0 Å². The Kier molecular flexibility index (Phi) is 5.15. The Balaban J connectivity index is 2.24. The van der Waals surface area contributed by atoms with E-state index in [-0.39, 0.29) is 11.9 Å². The van der Waals surface area contributed by atoms with Crippen LogP contribution in [0.1, 0.15) is 45.4 Å². The Bertz CT molecular complexity index is 222. The quantitative estimate of drug-likeness (QED) is 0.551. The van der Waals surface area contributed by atoms with Gasteiger partial charge in [-0.05, 0) is 25.7 Å². The molecule has 0 bridgehead atoms. The third-order valence-electron chi connectivity index (χ3n) is 2.69. The molecule has 15 heavy (non-hydrogen) atoms. The number of guanidine groups is 1. The van der Waals surface area contributed by atoms with Crippen LogP contribution in [0.2, 0.25) is 0 Å². The average Bonchev–Trinajstić information content (AvgIpc) is 2.27. The third kappa shape index (κ3) is 4.32. The lowest BCUT2D eigenvalue weighted by molar-refractivity contribution is -0.120. The van der Waals surface area contributed by atoms with Crippen LogP contribution >= 0.6 is 0 Å². The molecule has 1 rings (SSSR count). The Labute approximate surface area is 91.5 Å². The fourth-order valence-corrected chi connectivity index (χ4v) is 1.73. The zero-order chi connectivity index (χ0) is 11.1. The maximum absolute atomic E-state index is 11.4. The molecule has 86 valence electrons. The summed E-state index contributed by atoms with van der Waals surface area (Å²) >= 11 is 0. The van der Waals surface area contributed by atoms with Gasteiger partial charge >= 0.3 is 0 Å². The number of likely N-dealkylation sites (tertiary alicyclic amines) is 1. The molecule has 0 radical (unpaired) electrons. The Morgan fingerprint density at radius 2 is 2.00 bits per heavy atom. The predicted octanol–water partition coefficient (Wildman–Crippen LogP) is 1.71. The van der Waals surface area contributed by atoms with E-state index in [9.17, 15) is 4.79 Å². The van der Waals surface area contributed by atoms with Gasteiger partial charge in [-0.15, -0.1) is 0 Å². The van der Waals surface area contributed by atoms with Crippen LogP contribution in [0.5, 0.6) is 0 Å². The second-order valence-corrected chi connectivity index (χ2v) is 4.05. The number of nitrogens with one attached hydrogen (secondary N) is 2. The number of hydrogen-bond donors (Lipinski definition) is 2. The number of carbonyl (C=O) groups is 1. The molecular weight excluding hydrogens is 190 g/mol. The molecule has 0 aromatic rings. The van der Waals surface area contributed by atoms with Crippen molar-refractivity contribution in [3.05, 3.63) is 0 Å². The summed E-state index contributed by atoms with van der Waals surface area (Å²) in [5.41, 5.74) is 0. The molecule has 1 aliphatic heterocycles. The van der Waals surface area contributed by atoms with Crippen LogP contribution in [0.3, 0.4) is 0 Å². The van der Waals surface area contributed by atoms with Crippen LogP contribution in [0.15, 0.2) is 0 Å². The summed E-state index contributed by atoms with van der Waals surface area (Å²) in [7, 11) is 0. The highest BCUT2D eigenvalue weighted by Crippen LogP contribution is 2.07. The predicted molar refractivity (Wildman–Crippen MR) is 60.8 cm³/mol. The van der Waals surface area contributed by atoms with Crippen LogP contribution in [0, 0.1) is 5.41 Å². The van der Waals surface area contributed by atoms with Crippen molar-refractivity contribution in [1.82, 2.24) is 10.2 Å². The second kappa shape index (κ2) is 6.43. The van der Waals surface area contributed by atoms with Gasteiger partial charge in [0, 0.05) is 19.5 Å².